The number of para-hydroxylation sites is 1. The summed E-state index contributed by atoms with van der Waals surface area (Å²) in [6, 6.07) is 12.3. The summed E-state index contributed by atoms with van der Waals surface area (Å²) < 4.78 is 6.85. The number of hydrogen-bond donors (Lipinski definition) is 1. The number of aromatic nitrogens is 3. The highest BCUT2D eigenvalue weighted by Gasteiger charge is 2.20. The van der Waals surface area contributed by atoms with Crippen molar-refractivity contribution in [3.8, 4) is 5.69 Å². The van der Waals surface area contributed by atoms with Crippen molar-refractivity contribution in [3.63, 3.8) is 0 Å². The van der Waals surface area contributed by atoms with E-state index in [2.05, 4.69) is 15.4 Å². The van der Waals surface area contributed by atoms with E-state index in [9.17, 15) is 9.59 Å². The normalized spacial score (nSPS) is 10.9. The molecule has 30 heavy (non-hydrogen) atoms. The molecule has 0 atom stereocenters. The van der Waals surface area contributed by atoms with Gasteiger partial charge in [-0.25, -0.2) is 14.5 Å². The molecule has 3 heterocycles. The zero-order chi connectivity index (χ0) is 21.3. The summed E-state index contributed by atoms with van der Waals surface area (Å²) in [5, 5.41) is 8.59. The first-order chi connectivity index (χ1) is 14.4. The van der Waals surface area contributed by atoms with Crippen molar-refractivity contribution >= 4 is 62.3 Å². The Morgan fingerprint density at radius 1 is 1.20 bits per heavy atom. The number of hydrogen-bond acceptors (Lipinski definition) is 6. The molecule has 4 rings (SSSR count). The standard InChI is InChI=1S/C20H14Cl2N4O3S/c1-11-12-9-16(30-19(12)26(25-11)15-7-3-2-5-13(15)21)20(28)29-10-17(27)24-14-6-4-8-23-18(14)22/h2-9H,10H2,1H3,(H,24,27). The lowest BCUT2D eigenvalue weighted by molar-refractivity contribution is -0.119. The van der Waals surface area contributed by atoms with Crippen LogP contribution < -0.4 is 5.32 Å². The van der Waals surface area contributed by atoms with Crippen molar-refractivity contribution in [2.24, 2.45) is 0 Å². The summed E-state index contributed by atoms with van der Waals surface area (Å²) in [5.74, 6) is -1.12. The molecule has 3 aromatic heterocycles. The number of esters is 1. The van der Waals surface area contributed by atoms with Crippen LogP contribution in [0.1, 0.15) is 15.4 Å². The molecule has 0 saturated heterocycles. The number of thiophene rings is 1. The molecule has 1 N–H and O–H groups in total. The molecule has 0 unspecified atom stereocenters. The summed E-state index contributed by atoms with van der Waals surface area (Å²) in [6.07, 6.45) is 1.51. The van der Waals surface area contributed by atoms with Crippen LogP contribution in [0.5, 0.6) is 0 Å². The average molecular weight is 461 g/mol. The number of aryl methyl sites for hydroxylation is 1. The van der Waals surface area contributed by atoms with E-state index in [0.29, 0.717) is 21.3 Å². The van der Waals surface area contributed by atoms with Gasteiger partial charge >= 0.3 is 5.97 Å². The van der Waals surface area contributed by atoms with Crippen LogP contribution in [0.2, 0.25) is 10.2 Å². The summed E-state index contributed by atoms with van der Waals surface area (Å²) in [7, 11) is 0. The Kier molecular flexibility index (Phi) is 5.72. The van der Waals surface area contributed by atoms with Gasteiger partial charge in [0.2, 0.25) is 0 Å². The maximum atomic E-state index is 12.5. The Labute approximate surface area is 185 Å². The molecule has 0 saturated carbocycles. The van der Waals surface area contributed by atoms with E-state index in [4.69, 9.17) is 27.9 Å². The van der Waals surface area contributed by atoms with Crippen molar-refractivity contribution in [3.05, 3.63) is 69.4 Å². The molecular formula is C20H14Cl2N4O3S. The predicted molar refractivity (Wildman–Crippen MR) is 117 cm³/mol. The van der Waals surface area contributed by atoms with E-state index in [1.54, 1.807) is 28.9 Å². The minimum atomic E-state index is -0.603. The molecule has 152 valence electrons. The molecular weight excluding hydrogens is 447 g/mol. The number of ether oxygens (including phenoxy) is 1. The minimum absolute atomic E-state index is 0.154. The molecule has 0 aliphatic heterocycles. The molecule has 10 heteroatoms. The SMILES string of the molecule is Cc1nn(-c2ccccc2Cl)c2sc(C(=O)OCC(=O)Nc3cccnc3Cl)cc12. The second-order valence-corrected chi connectivity index (χ2v) is 8.04. The van der Waals surface area contributed by atoms with E-state index >= 15 is 0 Å². The van der Waals surface area contributed by atoms with Gasteiger partial charge in [-0.2, -0.15) is 5.10 Å². The maximum Gasteiger partial charge on any atom is 0.348 e. The van der Waals surface area contributed by atoms with Gasteiger partial charge in [0, 0.05) is 11.6 Å². The first-order valence-electron chi connectivity index (χ1n) is 8.75. The smallest absolute Gasteiger partial charge is 0.348 e. The third-order valence-electron chi connectivity index (χ3n) is 4.19. The van der Waals surface area contributed by atoms with Crippen molar-refractivity contribution < 1.29 is 14.3 Å². The average Bonchev–Trinajstić information content (AvgIpc) is 3.29. The molecule has 0 spiro atoms. The van der Waals surface area contributed by atoms with Crippen LogP contribution in [0.15, 0.2) is 48.7 Å². The van der Waals surface area contributed by atoms with Crippen LogP contribution in [-0.2, 0) is 9.53 Å². The van der Waals surface area contributed by atoms with Crippen molar-refractivity contribution in [2.75, 3.05) is 11.9 Å². The number of halogens is 2. The monoisotopic (exact) mass is 460 g/mol. The first kappa shape index (κ1) is 20.3. The first-order valence-corrected chi connectivity index (χ1v) is 10.3. The number of pyridine rings is 1. The molecule has 0 radical (unpaired) electrons. The molecule has 1 amide bonds. The molecule has 0 fully saturated rings. The number of nitrogens with zero attached hydrogens (tertiary/aromatic N) is 3. The zero-order valence-electron chi connectivity index (χ0n) is 15.6. The fraction of sp³-hybridized carbons (Fsp3) is 0.100. The van der Waals surface area contributed by atoms with Crippen LogP contribution in [0.25, 0.3) is 15.9 Å². The van der Waals surface area contributed by atoms with Gasteiger partial charge in [-0.1, -0.05) is 35.3 Å². The van der Waals surface area contributed by atoms with Crippen LogP contribution >= 0.6 is 34.5 Å². The number of amides is 1. The fourth-order valence-electron chi connectivity index (χ4n) is 2.80. The summed E-state index contributed by atoms with van der Waals surface area (Å²) >= 11 is 13.4. The van der Waals surface area contributed by atoms with Crippen LogP contribution in [0, 0.1) is 6.92 Å². The molecule has 0 aliphatic rings. The zero-order valence-corrected chi connectivity index (χ0v) is 17.9. The number of rotatable bonds is 5. The number of carbonyl (C=O) groups excluding carboxylic acids is 2. The highest BCUT2D eigenvalue weighted by Crippen LogP contribution is 2.32. The van der Waals surface area contributed by atoms with Gasteiger partial charge in [-0.15, -0.1) is 11.3 Å². The van der Waals surface area contributed by atoms with Crippen LogP contribution in [0.3, 0.4) is 0 Å². The Morgan fingerprint density at radius 3 is 2.77 bits per heavy atom. The van der Waals surface area contributed by atoms with E-state index in [0.717, 1.165) is 15.9 Å². The van der Waals surface area contributed by atoms with Gasteiger partial charge in [0.25, 0.3) is 5.91 Å². The summed E-state index contributed by atoms with van der Waals surface area (Å²) in [5.41, 5.74) is 1.81. The molecule has 0 bridgehead atoms. The lowest BCUT2D eigenvalue weighted by atomic mass is 10.3. The van der Waals surface area contributed by atoms with Gasteiger partial charge in [0.15, 0.2) is 11.8 Å². The Hall–Kier alpha value is -2.94. The Bertz CT molecular complexity index is 1270. The van der Waals surface area contributed by atoms with Gasteiger partial charge in [-0.3, -0.25) is 4.79 Å². The molecule has 7 nitrogen and oxygen atoms in total. The Balaban J connectivity index is 1.50. The lowest BCUT2D eigenvalue weighted by Gasteiger charge is -2.06. The van der Waals surface area contributed by atoms with E-state index in [1.807, 2.05) is 25.1 Å². The van der Waals surface area contributed by atoms with Gasteiger partial charge in [0.05, 0.1) is 22.1 Å². The number of anilines is 1. The number of nitrogens with one attached hydrogen (secondary N) is 1. The quantitative estimate of drug-likeness (QED) is 0.338. The number of fused-ring (bicyclic) bond motifs is 1. The highest BCUT2D eigenvalue weighted by molar-refractivity contribution is 7.20. The fourth-order valence-corrected chi connectivity index (χ4v) is 4.25. The van der Waals surface area contributed by atoms with Gasteiger partial charge in [0.1, 0.15) is 9.71 Å². The lowest BCUT2D eigenvalue weighted by Crippen LogP contribution is -2.20. The third-order valence-corrected chi connectivity index (χ3v) is 5.91. The predicted octanol–water partition coefficient (Wildman–Crippen LogP) is 4.89. The van der Waals surface area contributed by atoms with E-state index in [1.165, 1.54) is 17.5 Å². The molecule has 4 aromatic rings. The number of benzene rings is 1. The minimum Gasteiger partial charge on any atom is -0.451 e. The van der Waals surface area contributed by atoms with Crippen LogP contribution in [-0.4, -0.2) is 33.2 Å². The van der Waals surface area contributed by atoms with Crippen molar-refractivity contribution in [1.82, 2.24) is 14.8 Å². The van der Waals surface area contributed by atoms with E-state index in [-0.39, 0.29) is 5.15 Å². The topological polar surface area (TPSA) is 86.1 Å². The molecule has 1 aromatic carbocycles. The highest BCUT2D eigenvalue weighted by atomic mass is 35.5. The summed E-state index contributed by atoms with van der Waals surface area (Å²) in [6.45, 7) is 1.40. The van der Waals surface area contributed by atoms with Crippen molar-refractivity contribution in [1.29, 1.82) is 0 Å². The van der Waals surface area contributed by atoms with Crippen LogP contribution in [0.4, 0.5) is 5.69 Å². The summed E-state index contributed by atoms with van der Waals surface area (Å²) in [4.78, 5) is 29.5. The molecule has 0 aliphatic carbocycles. The van der Waals surface area contributed by atoms with Gasteiger partial charge in [-0.05, 0) is 37.3 Å². The van der Waals surface area contributed by atoms with Crippen molar-refractivity contribution in [2.45, 2.75) is 6.92 Å². The Morgan fingerprint density at radius 2 is 2.00 bits per heavy atom. The number of carbonyl (C=O) groups is 2. The van der Waals surface area contributed by atoms with E-state index < -0.39 is 18.5 Å². The third kappa shape index (κ3) is 4.02. The van der Waals surface area contributed by atoms with Gasteiger partial charge < -0.3 is 10.1 Å². The maximum absolute atomic E-state index is 12.5. The second kappa shape index (κ2) is 8.43. The second-order valence-electron chi connectivity index (χ2n) is 6.24. The largest absolute Gasteiger partial charge is 0.451 e.